The molecular formula is C10H20N2O2. The Hall–Kier alpha value is -0.610. The zero-order chi connectivity index (χ0) is 10.6. The lowest BCUT2D eigenvalue weighted by atomic mass is 10.1. The van der Waals surface area contributed by atoms with Gasteiger partial charge in [0.2, 0.25) is 0 Å². The van der Waals surface area contributed by atoms with E-state index < -0.39 is 5.97 Å². The van der Waals surface area contributed by atoms with Crippen molar-refractivity contribution >= 4 is 5.97 Å². The van der Waals surface area contributed by atoms with E-state index in [2.05, 4.69) is 23.8 Å². The van der Waals surface area contributed by atoms with E-state index in [0.717, 1.165) is 32.6 Å². The Morgan fingerprint density at radius 1 is 1.36 bits per heavy atom. The normalized spacial score (nSPS) is 22.1. The minimum absolute atomic E-state index is 0.285. The maximum absolute atomic E-state index is 10.4. The molecule has 1 N–H and O–H groups in total. The summed E-state index contributed by atoms with van der Waals surface area (Å²) in [6, 6.07) is 0.403. The van der Waals surface area contributed by atoms with Gasteiger partial charge < -0.3 is 10.0 Å². The number of hydrogen-bond donors (Lipinski definition) is 1. The molecule has 0 aromatic carbocycles. The van der Waals surface area contributed by atoms with Crippen LogP contribution in [0.3, 0.4) is 0 Å². The Morgan fingerprint density at radius 2 is 1.93 bits per heavy atom. The van der Waals surface area contributed by atoms with Crippen molar-refractivity contribution in [1.82, 2.24) is 9.80 Å². The summed E-state index contributed by atoms with van der Waals surface area (Å²) >= 11 is 0. The fourth-order valence-corrected chi connectivity index (χ4v) is 1.78. The summed E-state index contributed by atoms with van der Waals surface area (Å²) in [5.41, 5.74) is 0. The standard InChI is InChI=1S/C10H20N2O2/c1-9(3-4-10(13)14)12-7-5-11(2)6-8-12/h9H,3-8H2,1-2H3,(H,13,14). The molecule has 1 atom stereocenters. The molecule has 1 aliphatic rings. The van der Waals surface area contributed by atoms with Gasteiger partial charge in [-0.3, -0.25) is 9.69 Å². The summed E-state index contributed by atoms with van der Waals surface area (Å²) in [5.74, 6) is -0.689. The highest BCUT2D eigenvalue weighted by molar-refractivity contribution is 5.66. The van der Waals surface area contributed by atoms with E-state index in [4.69, 9.17) is 5.11 Å². The highest BCUT2D eigenvalue weighted by Gasteiger charge is 2.19. The van der Waals surface area contributed by atoms with E-state index in [1.807, 2.05) is 0 Å². The topological polar surface area (TPSA) is 43.8 Å². The lowest BCUT2D eigenvalue weighted by Crippen LogP contribution is -2.48. The molecule has 0 aromatic rings. The number of nitrogens with zero attached hydrogens (tertiary/aromatic N) is 2. The summed E-state index contributed by atoms with van der Waals surface area (Å²) in [7, 11) is 2.12. The van der Waals surface area contributed by atoms with Gasteiger partial charge in [-0.1, -0.05) is 0 Å². The number of rotatable bonds is 4. The molecule has 1 aliphatic heterocycles. The maximum atomic E-state index is 10.4. The molecule has 4 heteroatoms. The largest absolute Gasteiger partial charge is 0.481 e. The molecule has 0 spiro atoms. The fraction of sp³-hybridized carbons (Fsp3) is 0.900. The van der Waals surface area contributed by atoms with Crippen LogP contribution in [0.2, 0.25) is 0 Å². The van der Waals surface area contributed by atoms with E-state index in [1.54, 1.807) is 0 Å². The highest BCUT2D eigenvalue weighted by Crippen LogP contribution is 2.09. The average molecular weight is 200 g/mol. The first kappa shape index (κ1) is 11.5. The maximum Gasteiger partial charge on any atom is 0.303 e. The summed E-state index contributed by atoms with van der Waals surface area (Å²) in [6.07, 6.45) is 1.05. The molecule has 0 aromatic heterocycles. The van der Waals surface area contributed by atoms with Crippen molar-refractivity contribution in [2.75, 3.05) is 33.2 Å². The third kappa shape index (κ3) is 3.64. The Kier molecular flexibility index (Phi) is 4.35. The molecule has 14 heavy (non-hydrogen) atoms. The van der Waals surface area contributed by atoms with Crippen LogP contribution in [0.15, 0.2) is 0 Å². The van der Waals surface area contributed by atoms with Crippen LogP contribution >= 0.6 is 0 Å². The van der Waals surface area contributed by atoms with E-state index >= 15 is 0 Å². The molecule has 1 unspecified atom stereocenters. The molecule has 1 heterocycles. The first-order valence-corrected chi connectivity index (χ1v) is 5.24. The first-order chi connectivity index (χ1) is 6.59. The quantitative estimate of drug-likeness (QED) is 0.717. The van der Waals surface area contributed by atoms with Gasteiger partial charge in [-0.25, -0.2) is 0 Å². The van der Waals surface area contributed by atoms with Crippen molar-refractivity contribution in [1.29, 1.82) is 0 Å². The SMILES string of the molecule is CC(CCC(=O)O)N1CCN(C)CC1. The fourth-order valence-electron chi connectivity index (χ4n) is 1.78. The summed E-state index contributed by atoms with van der Waals surface area (Å²) in [6.45, 7) is 6.44. The monoisotopic (exact) mass is 200 g/mol. The third-order valence-electron chi connectivity index (χ3n) is 2.94. The lowest BCUT2D eigenvalue weighted by molar-refractivity contribution is -0.137. The van der Waals surface area contributed by atoms with Crippen LogP contribution in [0, 0.1) is 0 Å². The second kappa shape index (κ2) is 5.32. The van der Waals surface area contributed by atoms with E-state index in [0.29, 0.717) is 6.04 Å². The summed E-state index contributed by atoms with van der Waals surface area (Å²) in [5, 5.41) is 8.58. The lowest BCUT2D eigenvalue weighted by Gasteiger charge is -2.36. The number of piperazine rings is 1. The number of carboxylic acids is 1. The van der Waals surface area contributed by atoms with Crippen molar-refractivity contribution in [2.24, 2.45) is 0 Å². The van der Waals surface area contributed by atoms with Crippen molar-refractivity contribution in [3.63, 3.8) is 0 Å². The van der Waals surface area contributed by atoms with Crippen LogP contribution < -0.4 is 0 Å². The Labute approximate surface area is 85.5 Å². The summed E-state index contributed by atoms with van der Waals surface area (Å²) < 4.78 is 0. The van der Waals surface area contributed by atoms with Gasteiger partial charge in [0.05, 0.1) is 0 Å². The predicted molar refractivity (Wildman–Crippen MR) is 55.4 cm³/mol. The number of hydrogen-bond acceptors (Lipinski definition) is 3. The Morgan fingerprint density at radius 3 is 2.43 bits per heavy atom. The number of aliphatic carboxylic acids is 1. The molecule has 82 valence electrons. The predicted octanol–water partition coefficient (Wildman–Crippen LogP) is 0.487. The van der Waals surface area contributed by atoms with Gasteiger partial charge in [0.25, 0.3) is 0 Å². The van der Waals surface area contributed by atoms with Gasteiger partial charge in [0.15, 0.2) is 0 Å². The van der Waals surface area contributed by atoms with Gasteiger partial charge in [-0.05, 0) is 20.4 Å². The minimum Gasteiger partial charge on any atom is -0.481 e. The second-order valence-corrected chi connectivity index (χ2v) is 4.12. The minimum atomic E-state index is -0.689. The molecule has 4 nitrogen and oxygen atoms in total. The van der Waals surface area contributed by atoms with Gasteiger partial charge in [0, 0.05) is 38.6 Å². The number of carboxylic acid groups (broad SMARTS) is 1. The van der Waals surface area contributed by atoms with Crippen LogP contribution in [-0.4, -0.2) is 60.1 Å². The molecule has 1 saturated heterocycles. The van der Waals surface area contributed by atoms with Gasteiger partial charge >= 0.3 is 5.97 Å². The van der Waals surface area contributed by atoms with Crippen LogP contribution in [0.25, 0.3) is 0 Å². The van der Waals surface area contributed by atoms with Crippen molar-refractivity contribution < 1.29 is 9.90 Å². The second-order valence-electron chi connectivity index (χ2n) is 4.12. The van der Waals surface area contributed by atoms with Crippen LogP contribution in [-0.2, 0) is 4.79 Å². The van der Waals surface area contributed by atoms with Crippen molar-refractivity contribution in [3.05, 3.63) is 0 Å². The molecule has 0 amide bonds. The molecule has 1 fully saturated rings. The zero-order valence-electron chi connectivity index (χ0n) is 9.07. The van der Waals surface area contributed by atoms with Gasteiger partial charge in [-0.2, -0.15) is 0 Å². The van der Waals surface area contributed by atoms with Crippen molar-refractivity contribution in [3.8, 4) is 0 Å². The zero-order valence-corrected chi connectivity index (χ0v) is 9.07. The van der Waals surface area contributed by atoms with Crippen molar-refractivity contribution in [2.45, 2.75) is 25.8 Å². The first-order valence-electron chi connectivity index (χ1n) is 5.24. The van der Waals surface area contributed by atoms with E-state index in [-0.39, 0.29) is 6.42 Å². The number of likely N-dealkylation sites (N-methyl/N-ethyl adjacent to an activating group) is 1. The van der Waals surface area contributed by atoms with Crippen LogP contribution in [0.4, 0.5) is 0 Å². The van der Waals surface area contributed by atoms with Gasteiger partial charge in [-0.15, -0.1) is 0 Å². The van der Waals surface area contributed by atoms with E-state index in [1.165, 1.54) is 0 Å². The smallest absolute Gasteiger partial charge is 0.303 e. The van der Waals surface area contributed by atoms with Crippen LogP contribution in [0.5, 0.6) is 0 Å². The molecule has 0 bridgehead atoms. The molecule has 1 rings (SSSR count). The summed E-state index contributed by atoms with van der Waals surface area (Å²) in [4.78, 5) is 15.1. The average Bonchev–Trinajstić information content (AvgIpc) is 2.15. The third-order valence-corrected chi connectivity index (χ3v) is 2.94. The Bertz CT molecular complexity index is 189. The molecule has 0 saturated carbocycles. The number of carbonyl (C=O) groups is 1. The molecular weight excluding hydrogens is 180 g/mol. The van der Waals surface area contributed by atoms with Gasteiger partial charge in [0.1, 0.15) is 0 Å². The van der Waals surface area contributed by atoms with Crippen LogP contribution in [0.1, 0.15) is 19.8 Å². The highest BCUT2D eigenvalue weighted by atomic mass is 16.4. The van der Waals surface area contributed by atoms with E-state index in [9.17, 15) is 4.79 Å². The Balaban J connectivity index is 2.23. The molecule has 0 aliphatic carbocycles. The molecule has 0 radical (unpaired) electrons.